The van der Waals surface area contributed by atoms with Crippen molar-refractivity contribution in [2.45, 2.75) is 19.4 Å². The molecule has 1 aromatic heterocycles. The smallest absolute Gasteiger partial charge is 0.251 e. The second-order valence-electron chi connectivity index (χ2n) is 11.0. The molecular weight excluding hydrogens is 658 g/mol. The summed E-state index contributed by atoms with van der Waals surface area (Å²) in [6.45, 7) is 2.47. The van der Waals surface area contributed by atoms with Crippen molar-refractivity contribution in [2.24, 2.45) is 0 Å². The molecule has 0 fully saturated rings. The largest absolute Gasteiger partial charge is 0.508 e. The van der Waals surface area contributed by atoms with Crippen molar-refractivity contribution in [2.75, 3.05) is 48.9 Å². The summed E-state index contributed by atoms with van der Waals surface area (Å²) in [4.78, 5) is 38.3. The monoisotopic (exact) mass is 695 g/mol. The van der Waals surface area contributed by atoms with Crippen LogP contribution in [0.25, 0.3) is 0 Å². The molecule has 0 atom stereocenters. The average Bonchev–Trinajstić information content (AvgIpc) is 3.13. The minimum Gasteiger partial charge on any atom is -0.508 e. The summed E-state index contributed by atoms with van der Waals surface area (Å²) in [5.41, 5.74) is 3.45. The molecule has 5 aromatic rings. The number of ketones is 1. The fourth-order valence-electron chi connectivity index (χ4n) is 4.67. The number of benzene rings is 4. The summed E-state index contributed by atoms with van der Waals surface area (Å²) in [5, 5.41) is 22.6. The first-order valence-electron chi connectivity index (χ1n) is 16.1. The molecule has 0 saturated heterocycles. The fourth-order valence-corrected chi connectivity index (χ4v) is 4.88. The van der Waals surface area contributed by atoms with Gasteiger partial charge in [0.15, 0.2) is 5.78 Å². The molecule has 0 aliphatic heterocycles. The van der Waals surface area contributed by atoms with Gasteiger partial charge < -0.3 is 35.8 Å². The van der Waals surface area contributed by atoms with Crippen LogP contribution in [0, 0.1) is 0 Å². The summed E-state index contributed by atoms with van der Waals surface area (Å²) < 4.78 is 11.3. The number of rotatable bonds is 19. The second kappa shape index (κ2) is 18.8. The van der Waals surface area contributed by atoms with Crippen LogP contribution in [-0.4, -0.2) is 64.7 Å². The van der Waals surface area contributed by atoms with E-state index in [4.69, 9.17) is 21.1 Å². The number of ether oxygens (including phenoxy) is 2. The van der Waals surface area contributed by atoms with Crippen molar-refractivity contribution < 1.29 is 24.2 Å². The maximum atomic E-state index is 12.7. The number of carbonyl (C=O) groups excluding carboxylic acids is 2. The molecule has 5 N–H and O–H groups in total. The Balaban J connectivity index is 1.09. The maximum Gasteiger partial charge on any atom is 0.251 e. The van der Waals surface area contributed by atoms with E-state index in [0.29, 0.717) is 80.3 Å². The number of amides is 1. The van der Waals surface area contributed by atoms with Crippen molar-refractivity contribution in [3.05, 3.63) is 125 Å². The highest BCUT2D eigenvalue weighted by Crippen LogP contribution is 2.21. The van der Waals surface area contributed by atoms with Crippen molar-refractivity contribution in [3.8, 4) is 5.75 Å². The molecular formula is C37H38ClN7O5. The van der Waals surface area contributed by atoms with Gasteiger partial charge in [-0.1, -0.05) is 54.1 Å². The second-order valence-corrected chi connectivity index (χ2v) is 11.5. The van der Waals surface area contributed by atoms with Crippen LogP contribution in [0.15, 0.2) is 103 Å². The number of anilines is 5. The number of aromatic nitrogens is 3. The van der Waals surface area contributed by atoms with Gasteiger partial charge in [0.25, 0.3) is 5.91 Å². The zero-order valence-corrected chi connectivity index (χ0v) is 28.0. The molecule has 0 radical (unpaired) electrons. The number of hydrogen-bond acceptors (Lipinski definition) is 11. The van der Waals surface area contributed by atoms with Gasteiger partial charge >= 0.3 is 0 Å². The Labute approximate surface area is 295 Å². The lowest BCUT2D eigenvalue weighted by Gasteiger charge is -2.12. The highest BCUT2D eigenvalue weighted by atomic mass is 35.5. The van der Waals surface area contributed by atoms with E-state index in [-0.39, 0.29) is 29.3 Å². The molecule has 0 saturated carbocycles. The fraction of sp³-hybridized carbons (Fsp3) is 0.216. The predicted octanol–water partition coefficient (Wildman–Crippen LogP) is 6.76. The third-order valence-electron chi connectivity index (χ3n) is 7.19. The molecule has 0 aliphatic rings. The minimum absolute atomic E-state index is 0.110. The lowest BCUT2D eigenvalue weighted by atomic mass is 10.1. The summed E-state index contributed by atoms with van der Waals surface area (Å²) in [6, 6.07) is 30.0. The van der Waals surface area contributed by atoms with Gasteiger partial charge in [-0.25, -0.2) is 0 Å². The summed E-state index contributed by atoms with van der Waals surface area (Å²) in [5.74, 6) is 0.880. The molecule has 4 aromatic carbocycles. The van der Waals surface area contributed by atoms with Gasteiger partial charge in [-0.15, -0.1) is 0 Å². The number of phenolic OH excluding ortho intramolecular Hbond substituents is 1. The van der Waals surface area contributed by atoms with E-state index in [1.165, 1.54) is 0 Å². The Kier molecular flexibility index (Phi) is 13.5. The number of hydrogen-bond donors (Lipinski definition) is 5. The maximum absolute atomic E-state index is 12.7. The first-order chi connectivity index (χ1) is 24.4. The van der Waals surface area contributed by atoms with E-state index >= 15 is 0 Å². The first-order valence-corrected chi connectivity index (χ1v) is 16.5. The van der Waals surface area contributed by atoms with Crippen LogP contribution >= 0.6 is 11.6 Å². The van der Waals surface area contributed by atoms with Gasteiger partial charge in [-0.05, 0) is 72.6 Å². The minimum atomic E-state index is -0.215. The van der Waals surface area contributed by atoms with Crippen molar-refractivity contribution in [1.29, 1.82) is 0 Å². The molecule has 1 amide bonds. The lowest BCUT2D eigenvalue weighted by Crippen LogP contribution is -2.22. The van der Waals surface area contributed by atoms with Crippen LogP contribution in [0.5, 0.6) is 5.75 Å². The molecule has 5 rings (SSSR count). The summed E-state index contributed by atoms with van der Waals surface area (Å²) >= 11 is 6.04. The highest BCUT2D eigenvalue weighted by Gasteiger charge is 2.10. The Morgan fingerprint density at radius 1 is 0.680 bits per heavy atom. The van der Waals surface area contributed by atoms with Crippen molar-refractivity contribution in [3.63, 3.8) is 0 Å². The lowest BCUT2D eigenvalue weighted by molar-refractivity contribution is 0.0497. The average molecular weight is 696 g/mol. The number of aromatic hydroxyl groups is 1. The molecule has 0 aliphatic carbocycles. The predicted molar refractivity (Wildman–Crippen MR) is 194 cm³/mol. The Morgan fingerprint density at radius 2 is 1.32 bits per heavy atom. The van der Waals surface area contributed by atoms with E-state index in [9.17, 15) is 14.7 Å². The van der Waals surface area contributed by atoms with E-state index in [1.807, 2.05) is 48.5 Å². The molecule has 0 spiro atoms. The third kappa shape index (κ3) is 11.8. The van der Waals surface area contributed by atoms with Crippen LogP contribution in [0.4, 0.5) is 29.2 Å². The summed E-state index contributed by atoms with van der Waals surface area (Å²) in [7, 11) is 0. The van der Waals surface area contributed by atoms with Gasteiger partial charge in [0.1, 0.15) is 5.75 Å². The van der Waals surface area contributed by atoms with Crippen LogP contribution < -0.4 is 21.3 Å². The number of Topliss-reactive ketones (excluding diaryl/α,β-unsaturated/α-hetero) is 1. The Bertz CT molecular complexity index is 1830. The summed E-state index contributed by atoms with van der Waals surface area (Å²) in [6.07, 6.45) is 1.09. The zero-order valence-electron chi connectivity index (χ0n) is 27.3. The molecule has 258 valence electrons. The van der Waals surface area contributed by atoms with Crippen molar-refractivity contribution >= 4 is 52.5 Å². The van der Waals surface area contributed by atoms with Gasteiger partial charge in [0, 0.05) is 53.6 Å². The molecule has 1 heterocycles. The standard InChI is InChI=1S/C37H38ClN7O5/c38-29-9-4-6-26(24-29)25-40-34(48)28-11-13-30(14-12-28)41-36-43-35(44-37(45-36)42-31-15-17-32(46)18-16-31)39-19-21-50-23-22-49-20-5-10-33(47)27-7-2-1-3-8-27/h1-4,6-9,11-18,24,46H,5,10,19-23,25H2,(H,40,48)(H3,39,41,42,43,44,45). The Hall–Kier alpha value is -5.56. The van der Waals surface area contributed by atoms with Gasteiger partial charge in [-0.3, -0.25) is 9.59 Å². The van der Waals surface area contributed by atoms with Gasteiger partial charge in [-0.2, -0.15) is 15.0 Å². The number of phenols is 1. The molecule has 0 bridgehead atoms. The third-order valence-corrected chi connectivity index (χ3v) is 7.43. The number of carbonyl (C=O) groups is 2. The van der Waals surface area contributed by atoms with Crippen molar-refractivity contribution in [1.82, 2.24) is 20.3 Å². The first kappa shape index (κ1) is 35.7. The Morgan fingerprint density at radius 3 is 2.00 bits per heavy atom. The SMILES string of the molecule is O=C(CCCOCCOCCNc1nc(Nc2ccc(O)cc2)nc(Nc2ccc(C(=O)NCc3cccc(Cl)c3)cc2)n1)c1ccccc1. The van der Waals surface area contributed by atoms with Gasteiger partial charge in [0.2, 0.25) is 17.8 Å². The number of nitrogens with zero attached hydrogens (tertiary/aromatic N) is 3. The normalized spacial score (nSPS) is 10.7. The molecule has 50 heavy (non-hydrogen) atoms. The van der Waals surface area contributed by atoms with E-state index in [0.717, 1.165) is 11.1 Å². The molecule has 13 heteroatoms. The van der Waals surface area contributed by atoms with Crippen LogP contribution in [0.2, 0.25) is 5.02 Å². The van der Waals surface area contributed by atoms with Gasteiger partial charge in [0.05, 0.1) is 19.8 Å². The van der Waals surface area contributed by atoms with Crippen LogP contribution in [0.3, 0.4) is 0 Å². The zero-order chi connectivity index (χ0) is 35.0. The van der Waals surface area contributed by atoms with E-state index < -0.39 is 0 Å². The quantitative estimate of drug-likeness (QED) is 0.0353. The van der Waals surface area contributed by atoms with E-state index in [2.05, 4.69) is 36.2 Å². The number of nitrogens with one attached hydrogen (secondary N) is 4. The van der Waals surface area contributed by atoms with Crippen LogP contribution in [0.1, 0.15) is 39.1 Å². The highest BCUT2D eigenvalue weighted by molar-refractivity contribution is 6.30. The molecule has 12 nitrogen and oxygen atoms in total. The van der Waals surface area contributed by atoms with Crippen LogP contribution in [-0.2, 0) is 16.0 Å². The molecule has 0 unspecified atom stereocenters. The topological polar surface area (TPSA) is 160 Å². The van der Waals surface area contributed by atoms with E-state index in [1.54, 1.807) is 54.6 Å². The number of halogens is 1.